The summed E-state index contributed by atoms with van der Waals surface area (Å²) in [6.07, 6.45) is 1.87. The number of hydrogen-bond donors (Lipinski definition) is 0. The number of anilines is 1. The number of benzene rings is 2. The highest BCUT2D eigenvalue weighted by molar-refractivity contribution is 7.81. The van der Waals surface area contributed by atoms with Crippen LogP contribution < -0.4 is 4.90 Å². The highest BCUT2D eigenvalue weighted by Crippen LogP contribution is 2.25. The maximum absolute atomic E-state index is 5.72. The first-order valence-corrected chi connectivity index (χ1v) is 8.53. The van der Waals surface area contributed by atoms with E-state index in [1.54, 1.807) is 0 Å². The van der Waals surface area contributed by atoms with Crippen LogP contribution in [0.1, 0.15) is 23.6 Å². The molecule has 2 aromatic carbocycles. The molecule has 0 aliphatic carbocycles. The largest absolute Gasteiger partial charge is 0.366 e. The minimum Gasteiger partial charge on any atom is -0.366 e. The fraction of sp³-hybridized carbons (Fsp3) is 0.300. The lowest BCUT2D eigenvalue weighted by Crippen LogP contribution is -2.25. The normalized spacial score (nSPS) is 10.9. The van der Waals surface area contributed by atoms with Crippen LogP contribution in [0, 0.1) is 13.8 Å². The number of nitrogens with zero attached hydrogens (tertiary/aromatic N) is 3. The molecule has 2 rings (SSSR count). The lowest BCUT2D eigenvalue weighted by Gasteiger charge is -2.22. The summed E-state index contributed by atoms with van der Waals surface area (Å²) in [6.45, 7) is 7.20. The Morgan fingerprint density at radius 1 is 1.08 bits per heavy atom. The minimum atomic E-state index is 0.822. The summed E-state index contributed by atoms with van der Waals surface area (Å²) in [5.74, 6) is 0. The van der Waals surface area contributed by atoms with Crippen molar-refractivity contribution in [2.75, 3.05) is 25.5 Å². The van der Waals surface area contributed by atoms with Crippen LogP contribution >= 0.6 is 12.2 Å². The molecule has 0 atom stereocenters. The van der Waals surface area contributed by atoms with Gasteiger partial charge < -0.3 is 9.80 Å². The lowest BCUT2D eigenvalue weighted by atomic mass is 10.0. The zero-order chi connectivity index (χ0) is 17.7. The van der Waals surface area contributed by atoms with Gasteiger partial charge in [0, 0.05) is 31.9 Å². The van der Waals surface area contributed by atoms with Crippen molar-refractivity contribution in [1.82, 2.24) is 4.90 Å². The Labute approximate surface area is 150 Å². The molecule has 0 bridgehead atoms. The summed E-state index contributed by atoms with van der Waals surface area (Å²) in [4.78, 5) is 9.51. The standard InChI is InChI=1S/C20H25N3S/c1-6-22(4)14-21-19-13-15(2)18(12-16(19)3)20(24)23(5)17-10-8-7-9-11-17/h7-14H,6H2,1-5H3. The number of aryl methyl sites for hydroxylation is 2. The molecule has 0 heterocycles. The first kappa shape index (κ1) is 18.1. The Morgan fingerprint density at radius 3 is 2.38 bits per heavy atom. The van der Waals surface area contributed by atoms with E-state index in [4.69, 9.17) is 12.2 Å². The van der Waals surface area contributed by atoms with E-state index in [1.807, 2.05) is 43.5 Å². The van der Waals surface area contributed by atoms with E-state index in [2.05, 4.69) is 54.9 Å². The van der Waals surface area contributed by atoms with Crippen molar-refractivity contribution < 1.29 is 0 Å². The first-order valence-electron chi connectivity index (χ1n) is 8.12. The van der Waals surface area contributed by atoms with Crippen molar-refractivity contribution in [2.24, 2.45) is 4.99 Å². The second-order valence-electron chi connectivity index (χ2n) is 5.97. The van der Waals surface area contributed by atoms with E-state index in [9.17, 15) is 0 Å². The lowest BCUT2D eigenvalue weighted by molar-refractivity contribution is 0.552. The van der Waals surface area contributed by atoms with Crippen LogP contribution in [0.15, 0.2) is 47.5 Å². The number of rotatable bonds is 5. The monoisotopic (exact) mass is 339 g/mol. The fourth-order valence-corrected chi connectivity index (χ4v) is 2.69. The molecule has 0 saturated carbocycles. The molecule has 3 nitrogen and oxygen atoms in total. The molecule has 4 heteroatoms. The van der Waals surface area contributed by atoms with E-state index >= 15 is 0 Å². The van der Waals surface area contributed by atoms with Crippen molar-refractivity contribution in [1.29, 1.82) is 0 Å². The number of hydrogen-bond acceptors (Lipinski definition) is 2. The summed E-state index contributed by atoms with van der Waals surface area (Å²) in [5, 5.41) is 0. The van der Waals surface area contributed by atoms with E-state index in [-0.39, 0.29) is 0 Å². The summed E-state index contributed by atoms with van der Waals surface area (Å²) in [6, 6.07) is 14.4. The zero-order valence-corrected chi connectivity index (χ0v) is 15.9. The zero-order valence-electron chi connectivity index (χ0n) is 15.1. The van der Waals surface area contributed by atoms with Crippen molar-refractivity contribution in [3.8, 4) is 0 Å². The van der Waals surface area contributed by atoms with E-state index < -0.39 is 0 Å². The van der Waals surface area contributed by atoms with Crippen LogP contribution in [0.25, 0.3) is 0 Å². The van der Waals surface area contributed by atoms with Crippen LogP contribution in [-0.2, 0) is 0 Å². The highest BCUT2D eigenvalue weighted by Gasteiger charge is 2.13. The topological polar surface area (TPSA) is 18.8 Å². The molecule has 0 aromatic heterocycles. The van der Waals surface area contributed by atoms with Gasteiger partial charge in [-0.2, -0.15) is 0 Å². The van der Waals surface area contributed by atoms with Crippen molar-refractivity contribution in [3.63, 3.8) is 0 Å². The molecule has 0 saturated heterocycles. The predicted molar refractivity (Wildman–Crippen MR) is 109 cm³/mol. The highest BCUT2D eigenvalue weighted by atomic mass is 32.1. The molecular weight excluding hydrogens is 314 g/mol. The average molecular weight is 340 g/mol. The number of thiocarbonyl (C=S) groups is 1. The summed E-state index contributed by atoms with van der Waals surface area (Å²) in [5.41, 5.74) is 5.42. The van der Waals surface area contributed by atoms with Gasteiger partial charge in [0.15, 0.2) is 0 Å². The molecule has 0 spiro atoms. The third-order valence-corrected chi connectivity index (χ3v) is 4.61. The Balaban J connectivity index is 2.30. The third kappa shape index (κ3) is 4.20. The van der Waals surface area contributed by atoms with E-state index in [0.717, 1.165) is 39.6 Å². The molecule has 0 N–H and O–H groups in total. The molecule has 2 aromatic rings. The summed E-state index contributed by atoms with van der Waals surface area (Å²) in [7, 11) is 4.03. The summed E-state index contributed by atoms with van der Waals surface area (Å²) >= 11 is 5.72. The van der Waals surface area contributed by atoms with Crippen LogP contribution in [0.4, 0.5) is 11.4 Å². The predicted octanol–water partition coefficient (Wildman–Crippen LogP) is 4.73. The van der Waals surface area contributed by atoms with Crippen molar-refractivity contribution in [3.05, 3.63) is 59.2 Å². The van der Waals surface area contributed by atoms with Gasteiger partial charge in [0.05, 0.1) is 12.0 Å². The average Bonchev–Trinajstić information content (AvgIpc) is 2.61. The Bertz CT molecular complexity index is 738. The number of para-hydroxylation sites is 1. The molecule has 0 aliphatic rings. The molecule has 126 valence electrons. The van der Waals surface area contributed by atoms with Gasteiger partial charge in [-0.3, -0.25) is 0 Å². The van der Waals surface area contributed by atoms with E-state index in [0.29, 0.717) is 0 Å². The third-order valence-electron chi connectivity index (χ3n) is 4.11. The Kier molecular flexibility index (Phi) is 6.10. The van der Waals surface area contributed by atoms with Gasteiger partial charge in [-0.25, -0.2) is 4.99 Å². The Hall–Kier alpha value is -2.20. The number of aliphatic imine (C=N–C) groups is 1. The first-order chi connectivity index (χ1) is 11.4. The van der Waals surface area contributed by atoms with Gasteiger partial charge in [-0.1, -0.05) is 30.4 Å². The van der Waals surface area contributed by atoms with Crippen LogP contribution in [-0.4, -0.2) is 36.9 Å². The maximum Gasteiger partial charge on any atom is 0.113 e. The smallest absolute Gasteiger partial charge is 0.113 e. The summed E-state index contributed by atoms with van der Waals surface area (Å²) < 4.78 is 0. The van der Waals surface area contributed by atoms with Crippen molar-refractivity contribution in [2.45, 2.75) is 20.8 Å². The Morgan fingerprint density at radius 2 is 1.75 bits per heavy atom. The molecular formula is C20H25N3S. The van der Waals surface area contributed by atoms with E-state index in [1.165, 1.54) is 0 Å². The molecule has 0 fully saturated rings. The molecule has 0 aliphatic heterocycles. The van der Waals surface area contributed by atoms with Gasteiger partial charge in [0.25, 0.3) is 0 Å². The van der Waals surface area contributed by atoms with Crippen LogP contribution in [0.2, 0.25) is 0 Å². The quantitative estimate of drug-likeness (QED) is 0.446. The van der Waals surface area contributed by atoms with Gasteiger partial charge in [-0.15, -0.1) is 0 Å². The molecule has 0 radical (unpaired) electrons. The fourth-order valence-electron chi connectivity index (χ4n) is 2.36. The second kappa shape index (κ2) is 8.06. The molecule has 24 heavy (non-hydrogen) atoms. The van der Waals surface area contributed by atoms with Crippen molar-refractivity contribution >= 4 is 34.9 Å². The minimum absolute atomic E-state index is 0.822. The molecule has 0 unspecified atom stereocenters. The maximum atomic E-state index is 5.72. The van der Waals surface area contributed by atoms with Crippen LogP contribution in [0.5, 0.6) is 0 Å². The van der Waals surface area contributed by atoms with Crippen LogP contribution in [0.3, 0.4) is 0 Å². The van der Waals surface area contributed by atoms with Gasteiger partial charge >= 0.3 is 0 Å². The van der Waals surface area contributed by atoms with Gasteiger partial charge in [0.1, 0.15) is 4.99 Å². The SMILES string of the molecule is CCN(C)C=Nc1cc(C)c(C(=S)N(C)c2ccccc2)cc1C. The van der Waals surface area contributed by atoms with Gasteiger partial charge in [0.2, 0.25) is 0 Å². The molecule has 0 amide bonds. The second-order valence-corrected chi connectivity index (χ2v) is 6.36. The van der Waals surface area contributed by atoms with Gasteiger partial charge in [-0.05, 0) is 56.2 Å².